The molecular weight excluding hydrogens is 559 g/mol. The Morgan fingerprint density at radius 3 is 2.60 bits per heavy atom. The molecule has 204 valence electrons. The van der Waals surface area contributed by atoms with Crippen molar-refractivity contribution in [3.8, 4) is 11.3 Å². The first kappa shape index (κ1) is 27.3. The molecule has 1 aliphatic rings. The first-order valence-electron chi connectivity index (χ1n) is 12.1. The molecule has 0 aliphatic carbocycles. The van der Waals surface area contributed by atoms with Crippen LogP contribution < -0.4 is 14.9 Å². The number of allylic oxidation sites excluding steroid dienone is 1. The molecule has 2 aromatic heterocycles. The molecule has 1 aliphatic heterocycles. The van der Waals surface area contributed by atoms with E-state index in [0.717, 1.165) is 11.3 Å². The number of carbonyl (C=O) groups is 2. The van der Waals surface area contributed by atoms with Crippen LogP contribution in [0, 0.1) is 5.82 Å². The topological polar surface area (TPSA) is 100 Å². The maximum absolute atomic E-state index is 13.7. The summed E-state index contributed by atoms with van der Waals surface area (Å²) in [6.45, 7) is 3.49. The van der Waals surface area contributed by atoms with Crippen LogP contribution >= 0.6 is 22.9 Å². The average Bonchev–Trinajstić information content (AvgIpc) is 3.52. The van der Waals surface area contributed by atoms with E-state index in [4.69, 9.17) is 25.5 Å². The molecule has 4 aromatic rings. The molecule has 3 heterocycles. The zero-order chi connectivity index (χ0) is 28.6. The van der Waals surface area contributed by atoms with Crippen molar-refractivity contribution in [3.63, 3.8) is 0 Å². The van der Waals surface area contributed by atoms with E-state index in [1.165, 1.54) is 35.9 Å². The summed E-state index contributed by atoms with van der Waals surface area (Å²) >= 11 is 7.28. The maximum Gasteiger partial charge on any atom is 0.338 e. The lowest BCUT2D eigenvalue weighted by Crippen LogP contribution is -2.39. The molecule has 2 aromatic carbocycles. The highest BCUT2D eigenvalue weighted by molar-refractivity contribution is 7.07. The van der Waals surface area contributed by atoms with Gasteiger partial charge in [-0.2, -0.15) is 0 Å². The number of methoxy groups -OCH3 is 1. The SMILES string of the molecule is CCOC(=O)C1=C(C)N=c2s/c(=C/c3ccc(-c4cc(Cl)ccc4C(=O)OC)o3)c(=O)n2[C@H]1c1ccc(F)cc1. The highest BCUT2D eigenvalue weighted by Gasteiger charge is 2.33. The van der Waals surface area contributed by atoms with E-state index in [9.17, 15) is 18.8 Å². The fraction of sp³-hybridized carbons (Fsp3) is 0.172. The number of esters is 2. The van der Waals surface area contributed by atoms with Crippen LogP contribution in [0.15, 0.2) is 80.1 Å². The molecule has 0 bridgehead atoms. The van der Waals surface area contributed by atoms with E-state index in [2.05, 4.69) is 4.99 Å². The monoisotopic (exact) mass is 580 g/mol. The largest absolute Gasteiger partial charge is 0.465 e. The highest BCUT2D eigenvalue weighted by atomic mass is 35.5. The molecule has 40 heavy (non-hydrogen) atoms. The molecule has 1 atom stereocenters. The summed E-state index contributed by atoms with van der Waals surface area (Å²) in [6, 6.07) is 12.8. The molecule has 5 rings (SSSR count). The summed E-state index contributed by atoms with van der Waals surface area (Å²) in [5.41, 5.74) is 1.42. The van der Waals surface area contributed by atoms with Gasteiger partial charge in [-0.3, -0.25) is 9.36 Å². The standard InChI is InChI=1S/C29H22ClFN2O6S/c1-4-38-28(36)24-15(2)32-29-33(25(24)16-5-8-18(31)9-6-16)26(34)23(40-29)14-19-10-12-22(39-19)21-13-17(30)7-11-20(21)27(35)37-3/h5-14,25H,4H2,1-3H3/b23-14+/t25-/m0/s1. The van der Waals surface area contributed by atoms with Gasteiger partial charge in [0.1, 0.15) is 17.3 Å². The Bertz CT molecular complexity index is 1850. The van der Waals surface area contributed by atoms with Gasteiger partial charge in [-0.1, -0.05) is 35.1 Å². The average molecular weight is 581 g/mol. The summed E-state index contributed by atoms with van der Waals surface area (Å²) in [6.07, 6.45) is 1.56. The highest BCUT2D eigenvalue weighted by Crippen LogP contribution is 2.31. The van der Waals surface area contributed by atoms with Gasteiger partial charge in [-0.15, -0.1) is 0 Å². The number of hydrogen-bond acceptors (Lipinski definition) is 8. The Morgan fingerprint density at radius 1 is 1.15 bits per heavy atom. The fourth-order valence-electron chi connectivity index (χ4n) is 4.46. The van der Waals surface area contributed by atoms with E-state index >= 15 is 0 Å². The first-order valence-corrected chi connectivity index (χ1v) is 13.3. The van der Waals surface area contributed by atoms with Crippen LogP contribution in [0.3, 0.4) is 0 Å². The number of rotatable bonds is 6. The summed E-state index contributed by atoms with van der Waals surface area (Å²) in [5, 5.41) is 0.405. The molecule has 8 nitrogen and oxygen atoms in total. The second-order valence-electron chi connectivity index (χ2n) is 8.74. The van der Waals surface area contributed by atoms with Crippen molar-refractivity contribution < 1.29 is 27.9 Å². The number of furan rings is 1. The van der Waals surface area contributed by atoms with Crippen LogP contribution in [0.1, 0.15) is 41.6 Å². The van der Waals surface area contributed by atoms with Gasteiger partial charge in [0.05, 0.1) is 41.1 Å². The van der Waals surface area contributed by atoms with Gasteiger partial charge in [0.15, 0.2) is 4.80 Å². The number of hydrogen-bond donors (Lipinski definition) is 0. The van der Waals surface area contributed by atoms with Crippen molar-refractivity contribution in [2.24, 2.45) is 4.99 Å². The van der Waals surface area contributed by atoms with Crippen LogP contribution in [0.5, 0.6) is 0 Å². The Morgan fingerprint density at radius 2 is 1.90 bits per heavy atom. The van der Waals surface area contributed by atoms with Crippen molar-refractivity contribution in [3.05, 3.63) is 113 Å². The summed E-state index contributed by atoms with van der Waals surface area (Å²) < 4.78 is 31.5. The van der Waals surface area contributed by atoms with Gasteiger partial charge >= 0.3 is 11.9 Å². The van der Waals surface area contributed by atoms with Crippen molar-refractivity contribution in [1.29, 1.82) is 0 Å². The van der Waals surface area contributed by atoms with Crippen LogP contribution in [-0.4, -0.2) is 30.2 Å². The number of benzene rings is 2. The fourth-order valence-corrected chi connectivity index (χ4v) is 5.66. The third-order valence-corrected chi connectivity index (χ3v) is 7.47. The summed E-state index contributed by atoms with van der Waals surface area (Å²) in [4.78, 5) is 43.8. The molecule has 0 N–H and O–H groups in total. The van der Waals surface area contributed by atoms with Gasteiger partial charge in [-0.25, -0.2) is 19.0 Å². The van der Waals surface area contributed by atoms with E-state index in [0.29, 0.717) is 42.7 Å². The first-order chi connectivity index (χ1) is 19.2. The third-order valence-electron chi connectivity index (χ3n) is 6.26. The molecular formula is C29H22ClFN2O6S. The van der Waals surface area contributed by atoms with Crippen LogP contribution in [0.25, 0.3) is 17.4 Å². The number of thiazole rings is 1. The van der Waals surface area contributed by atoms with Crippen LogP contribution in [-0.2, 0) is 14.3 Å². The molecule has 11 heteroatoms. The quantitative estimate of drug-likeness (QED) is 0.308. The van der Waals surface area contributed by atoms with Crippen LogP contribution in [0.4, 0.5) is 4.39 Å². The molecule has 0 fully saturated rings. The van der Waals surface area contributed by atoms with Gasteiger partial charge in [0, 0.05) is 16.7 Å². The number of halogens is 2. The predicted molar refractivity (Wildman–Crippen MR) is 147 cm³/mol. The van der Waals surface area contributed by atoms with E-state index < -0.39 is 29.4 Å². The Kier molecular flexibility index (Phi) is 7.55. The van der Waals surface area contributed by atoms with Crippen molar-refractivity contribution in [1.82, 2.24) is 4.57 Å². The zero-order valence-corrected chi connectivity index (χ0v) is 23.1. The van der Waals surface area contributed by atoms with E-state index in [1.807, 2.05) is 0 Å². The number of carbonyl (C=O) groups excluding carboxylic acids is 2. The minimum absolute atomic E-state index is 0.140. The van der Waals surface area contributed by atoms with E-state index in [-0.39, 0.29) is 17.7 Å². The summed E-state index contributed by atoms with van der Waals surface area (Å²) in [7, 11) is 1.28. The number of ether oxygens (including phenoxy) is 2. The minimum atomic E-state index is -0.862. The van der Waals surface area contributed by atoms with Crippen molar-refractivity contribution in [2.75, 3.05) is 13.7 Å². The molecule has 0 saturated heterocycles. The molecule has 0 unspecified atom stereocenters. The van der Waals surface area contributed by atoms with Gasteiger partial charge in [-0.05, 0) is 61.9 Å². The maximum atomic E-state index is 13.7. The normalized spacial score (nSPS) is 15.0. The molecule has 0 saturated carbocycles. The number of aromatic nitrogens is 1. The number of nitrogens with zero attached hydrogens (tertiary/aromatic N) is 2. The predicted octanol–water partition coefficient (Wildman–Crippen LogP) is 4.64. The zero-order valence-electron chi connectivity index (χ0n) is 21.6. The lowest BCUT2D eigenvalue weighted by molar-refractivity contribution is -0.139. The lowest BCUT2D eigenvalue weighted by Gasteiger charge is -2.24. The summed E-state index contributed by atoms with van der Waals surface area (Å²) in [5.74, 6) is -0.905. The van der Waals surface area contributed by atoms with Crippen molar-refractivity contribution >= 4 is 41.0 Å². The van der Waals surface area contributed by atoms with Gasteiger partial charge < -0.3 is 13.9 Å². The smallest absolute Gasteiger partial charge is 0.338 e. The van der Waals surface area contributed by atoms with Gasteiger partial charge in [0.25, 0.3) is 5.56 Å². The molecule has 0 amide bonds. The second-order valence-corrected chi connectivity index (χ2v) is 10.2. The van der Waals surface area contributed by atoms with Crippen LogP contribution in [0.2, 0.25) is 5.02 Å². The lowest BCUT2D eigenvalue weighted by atomic mass is 9.96. The van der Waals surface area contributed by atoms with Crippen molar-refractivity contribution in [2.45, 2.75) is 19.9 Å². The Labute approximate surface area is 236 Å². The Hall–Kier alpha value is -4.28. The second kappa shape index (κ2) is 11.1. The molecule has 0 spiro atoms. The Balaban J connectivity index is 1.63. The minimum Gasteiger partial charge on any atom is -0.465 e. The molecule has 0 radical (unpaired) electrons. The third kappa shape index (κ3) is 5.03. The number of fused-ring (bicyclic) bond motifs is 1. The van der Waals surface area contributed by atoms with E-state index in [1.54, 1.807) is 50.3 Å². The van der Waals surface area contributed by atoms with Gasteiger partial charge in [0.2, 0.25) is 0 Å².